The Balaban J connectivity index is 2.12. The average Bonchev–Trinajstić information content (AvgIpc) is 2.74. The van der Waals surface area contributed by atoms with Gasteiger partial charge in [0, 0.05) is 19.3 Å². The Morgan fingerprint density at radius 3 is 2.03 bits per heavy atom. The number of benzene rings is 2. The van der Waals surface area contributed by atoms with Gasteiger partial charge in [-0.1, -0.05) is 49.4 Å². The Kier molecular flexibility index (Phi) is 8.87. The maximum atomic E-state index is 12.9. The fourth-order valence-corrected chi connectivity index (χ4v) is 2.97. The first-order chi connectivity index (χ1) is 14.4. The van der Waals surface area contributed by atoms with Crippen molar-refractivity contribution in [2.75, 3.05) is 6.61 Å². The van der Waals surface area contributed by atoms with Crippen LogP contribution in [0.25, 0.3) is 0 Å². The van der Waals surface area contributed by atoms with Gasteiger partial charge in [0.05, 0.1) is 6.61 Å². The number of nitrogens with two attached hydrogens (primary N) is 1. The topological polar surface area (TPSA) is 111 Å². The molecular formula is C23H29N3O4. The third-order valence-electron chi connectivity index (χ3n) is 4.59. The molecule has 0 aliphatic carbocycles. The predicted molar refractivity (Wildman–Crippen MR) is 115 cm³/mol. The van der Waals surface area contributed by atoms with Crippen molar-refractivity contribution in [1.29, 1.82) is 0 Å². The fraction of sp³-hybridized carbons (Fsp3) is 0.348. The second kappa shape index (κ2) is 11.6. The van der Waals surface area contributed by atoms with E-state index in [0.29, 0.717) is 6.61 Å². The highest BCUT2D eigenvalue weighted by atomic mass is 16.5. The van der Waals surface area contributed by atoms with Crippen molar-refractivity contribution in [2.24, 2.45) is 5.73 Å². The zero-order chi connectivity index (χ0) is 21.9. The molecule has 0 fully saturated rings. The van der Waals surface area contributed by atoms with Gasteiger partial charge in [-0.3, -0.25) is 14.4 Å². The number of carbonyl (C=O) groups excluding carboxylic acids is 3. The van der Waals surface area contributed by atoms with Crippen molar-refractivity contribution < 1.29 is 19.1 Å². The van der Waals surface area contributed by atoms with Gasteiger partial charge in [0.15, 0.2) is 0 Å². The van der Waals surface area contributed by atoms with E-state index in [4.69, 9.17) is 10.5 Å². The lowest BCUT2D eigenvalue weighted by molar-refractivity contribution is -0.131. The Morgan fingerprint density at radius 2 is 1.47 bits per heavy atom. The number of rotatable bonds is 11. The maximum absolute atomic E-state index is 12.9. The van der Waals surface area contributed by atoms with Crippen LogP contribution in [-0.2, 0) is 27.2 Å². The van der Waals surface area contributed by atoms with Crippen LogP contribution in [0, 0.1) is 0 Å². The van der Waals surface area contributed by atoms with E-state index < -0.39 is 23.9 Å². The van der Waals surface area contributed by atoms with Gasteiger partial charge in [-0.2, -0.15) is 0 Å². The first-order valence-corrected chi connectivity index (χ1v) is 10.1. The fourth-order valence-electron chi connectivity index (χ4n) is 2.97. The molecule has 0 aliphatic heterocycles. The highest BCUT2D eigenvalue weighted by Gasteiger charge is 2.26. The summed E-state index contributed by atoms with van der Waals surface area (Å²) in [4.78, 5) is 36.8. The molecule has 0 saturated heterocycles. The van der Waals surface area contributed by atoms with Crippen molar-refractivity contribution in [2.45, 2.75) is 45.2 Å². The summed E-state index contributed by atoms with van der Waals surface area (Å²) in [6, 6.07) is 14.9. The number of hydrogen-bond donors (Lipinski definition) is 3. The maximum Gasteiger partial charge on any atom is 0.243 e. The van der Waals surface area contributed by atoms with Crippen molar-refractivity contribution in [3.8, 4) is 5.75 Å². The van der Waals surface area contributed by atoms with Gasteiger partial charge >= 0.3 is 0 Å². The van der Waals surface area contributed by atoms with Gasteiger partial charge in [-0.25, -0.2) is 0 Å². The number of hydrogen-bond acceptors (Lipinski definition) is 4. The summed E-state index contributed by atoms with van der Waals surface area (Å²) in [6.07, 6.45) is 0.802. The van der Waals surface area contributed by atoms with Crippen molar-refractivity contribution >= 4 is 17.7 Å². The third kappa shape index (κ3) is 7.24. The van der Waals surface area contributed by atoms with Crippen molar-refractivity contribution in [3.05, 3.63) is 65.7 Å². The highest BCUT2D eigenvalue weighted by Crippen LogP contribution is 2.14. The molecule has 0 radical (unpaired) electrons. The molecule has 2 aromatic rings. The predicted octanol–water partition coefficient (Wildman–Crippen LogP) is 1.74. The molecule has 0 unspecified atom stereocenters. The van der Waals surface area contributed by atoms with E-state index in [1.165, 1.54) is 0 Å². The SMILES string of the molecule is CCOc1ccc(C[C@@H](NC(=O)CC)C(=O)N[C@@H](Cc2ccccc2)C(N)=O)cc1. The number of ether oxygens (including phenoxy) is 1. The molecule has 30 heavy (non-hydrogen) atoms. The highest BCUT2D eigenvalue weighted by molar-refractivity contribution is 5.91. The second-order valence-electron chi connectivity index (χ2n) is 6.91. The van der Waals surface area contributed by atoms with Gasteiger partial charge in [-0.05, 0) is 30.2 Å². The zero-order valence-electron chi connectivity index (χ0n) is 17.4. The average molecular weight is 412 g/mol. The minimum Gasteiger partial charge on any atom is -0.494 e. The molecule has 160 valence electrons. The summed E-state index contributed by atoms with van der Waals surface area (Å²) in [5.74, 6) is -0.601. The van der Waals surface area contributed by atoms with Crippen LogP contribution >= 0.6 is 0 Å². The molecule has 7 nitrogen and oxygen atoms in total. The lowest BCUT2D eigenvalue weighted by Gasteiger charge is -2.22. The summed E-state index contributed by atoms with van der Waals surface area (Å²) in [7, 11) is 0. The monoisotopic (exact) mass is 411 g/mol. The van der Waals surface area contributed by atoms with Crippen LogP contribution in [0.15, 0.2) is 54.6 Å². The second-order valence-corrected chi connectivity index (χ2v) is 6.91. The van der Waals surface area contributed by atoms with Gasteiger partial charge in [0.25, 0.3) is 0 Å². The van der Waals surface area contributed by atoms with Crippen molar-refractivity contribution in [1.82, 2.24) is 10.6 Å². The molecule has 0 aliphatic rings. The minimum absolute atomic E-state index is 0.246. The van der Waals surface area contributed by atoms with Crippen LogP contribution < -0.4 is 21.1 Å². The van der Waals surface area contributed by atoms with Gasteiger partial charge in [0.2, 0.25) is 17.7 Å². The van der Waals surface area contributed by atoms with E-state index in [2.05, 4.69) is 10.6 Å². The van der Waals surface area contributed by atoms with E-state index in [-0.39, 0.29) is 25.2 Å². The van der Waals surface area contributed by atoms with Crippen LogP contribution in [0.5, 0.6) is 5.75 Å². The summed E-state index contributed by atoms with van der Waals surface area (Å²) >= 11 is 0. The van der Waals surface area contributed by atoms with E-state index >= 15 is 0 Å². The van der Waals surface area contributed by atoms with Gasteiger partial charge in [-0.15, -0.1) is 0 Å². The molecule has 3 amide bonds. The molecule has 2 atom stereocenters. The van der Waals surface area contributed by atoms with Crippen LogP contribution in [-0.4, -0.2) is 36.4 Å². The first-order valence-electron chi connectivity index (χ1n) is 10.1. The standard InChI is InChI=1S/C23H29N3O4/c1-3-21(27)25-20(15-17-10-12-18(13-11-17)30-4-2)23(29)26-19(22(24)28)14-16-8-6-5-7-9-16/h5-13,19-20H,3-4,14-15H2,1-2H3,(H2,24,28)(H,25,27)(H,26,29)/t19-,20+/m0/s1. The largest absolute Gasteiger partial charge is 0.494 e. The van der Waals surface area contributed by atoms with Gasteiger partial charge < -0.3 is 21.1 Å². The van der Waals surface area contributed by atoms with Gasteiger partial charge in [0.1, 0.15) is 17.8 Å². The van der Waals surface area contributed by atoms with Crippen LogP contribution in [0.4, 0.5) is 0 Å². The molecule has 0 heterocycles. The summed E-state index contributed by atoms with van der Waals surface area (Å²) in [5.41, 5.74) is 7.24. The first kappa shape index (κ1) is 22.9. The molecule has 0 bridgehead atoms. The quantitative estimate of drug-likeness (QED) is 0.523. The summed E-state index contributed by atoms with van der Waals surface area (Å²) in [6.45, 7) is 4.18. The Bertz CT molecular complexity index is 837. The van der Waals surface area contributed by atoms with Crippen molar-refractivity contribution in [3.63, 3.8) is 0 Å². The molecule has 7 heteroatoms. The molecule has 0 aromatic heterocycles. The van der Waals surface area contributed by atoms with E-state index in [9.17, 15) is 14.4 Å². The Labute approximate surface area is 177 Å². The Hall–Kier alpha value is -3.35. The summed E-state index contributed by atoms with van der Waals surface area (Å²) < 4.78 is 5.43. The summed E-state index contributed by atoms with van der Waals surface area (Å²) in [5, 5.41) is 5.42. The molecule has 0 spiro atoms. The smallest absolute Gasteiger partial charge is 0.243 e. The number of amides is 3. The Morgan fingerprint density at radius 1 is 0.867 bits per heavy atom. The number of nitrogens with one attached hydrogen (secondary N) is 2. The third-order valence-corrected chi connectivity index (χ3v) is 4.59. The zero-order valence-corrected chi connectivity index (χ0v) is 17.4. The van der Waals surface area contributed by atoms with E-state index in [1.807, 2.05) is 61.5 Å². The molecule has 4 N–H and O–H groups in total. The van der Waals surface area contributed by atoms with Crippen LogP contribution in [0.2, 0.25) is 0 Å². The normalized spacial score (nSPS) is 12.5. The van der Waals surface area contributed by atoms with E-state index in [0.717, 1.165) is 16.9 Å². The van der Waals surface area contributed by atoms with Crippen LogP contribution in [0.3, 0.4) is 0 Å². The molecule has 2 rings (SSSR count). The van der Waals surface area contributed by atoms with Crippen LogP contribution in [0.1, 0.15) is 31.4 Å². The number of primary amides is 1. The molecule has 0 saturated carbocycles. The lowest BCUT2D eigenvalue weighted by Crippen LogP contribution is -2.54. The molecular weight excluding hydrogens is 382 g/mol. The minimum atomic E-state index is -0.874. The number of carbonyl (C=O) groups is 3. The molecule has 2 aromatic carbocycles. The lowest BCUT2D eigenvalue weighted by atomic mass is 10.0. The van der Waals surface area contributed by atoms with E-state index in [1.54, 1.807) is 6.92 Å².